The first-order valence-corrected chi connectivity index (χ1v) is 7.80. The standard InChI is InChI=1S/C16H16N6O2/c23-14(11-22-8-3-7-18-22)21-9-5-12(10-21)16-19-15(20-24-16)13-4-1-2-6-17-13/h1-4,6-8,12H,5,9-11H2/t12-/m0/s1. The van der Waals surface area contributed by atoms with Gasteiger partial charge >= 0.3 is 0 Å². The maximum atomic E-state index is 12.3. The van der Waals surface area contributed by atoms with E-state index in [9.17, 15) is 4.79 Å². The van der Waals surface area contributed by atoms with Gasteiger partial charge in [0.15, 0.2) is 0 Å². The van der Waals surface area contributed by atoms with Crippen LogP contribution in [0.4, 0.5) is 0 Å². The Morgan fingerprint density at radius 2 is 2.25 bits per heavy atom. The van der Waals surface area contributed by atoms with Crippen LogP contribution in [-0.2, 0) is 11.3 Å². The highest BCUT2D eigenvalue weighted by atomic mass is 16.5. The molecule has 0 bridgehead atoms. The van der Waals surface area contributed by atoms with E-state index in [-0.39, 0.29) is 18.4 Å². The van der Waals surface area contributed by atoms with Crippen LogP contribution in [0.1, 0.15) is 18.2 Å². The molecule has 0 unspecified atom stereocenters. The molecule has 0 radical (unpaired) electrons. The summed E-state index contributed by atoms with van der Waals surface area (Å²) in [6.07, 6.45) is 5.95. The Labute approximate surface area is 138 Å². The van der Waals surface area contributed by atoms with Crippen LogP contribution in [0.3, 0.4) is 0 Å². The van der Waals surface area contributed by atoms with Gasteiger partial charge in [-0.3, -0.25) is 14.5 Å². The normalized spacial score (nSPS) is 17.3. The quantitative estimate of drug-likeness (QED) is 0.719. The second-order valence-corrected chi connectivity index (χ2v) is 5.70. The van der Waals surface area contributed by atoms with E-state index in [2.05, 4.69) is 20.2 Å². The Hall–Kier alpha value is -3.03. The highest BCUT2D eigenvalue weighted by molar-refractivity contribution is 5.76. The molecule has 8 heteroatoms. The predicted molar refractivity (Wildman–Crippen MR) is 83.7 cm³/mol. The molecular weight excluding hydrogens is 308 g/mol. The molecule has 122 valence electrons. The monoisotopic (exact) mass is 324 g/mol. The van der Waals surface area contributed by atoms with Gasteiger partial charge in [0.1, 0.15) is 12.2 Å². The average molecular weight is 324 g/mol. The molecule has 1 fully saturated rings. The summed E-state index contributed by atoms with van der Waals surface area (Å²) < 4.78 is 7.01. The second kappa shape index (κ2) is 6.23. The maximum Gasteiger partial charge on any atom is 0.244 e. The van der Waals surface area contributed by atoms with Crippen LogP contribution in [-0.4, -0.2) is 48.8 Å². The third-order valence-electron chi connectivity index (χ3n) is 4.08. The molecule has 8 nitrogen and oxygen atoms in total. The van der Waals surface area contributed by atoms with Crippen LogP contribution in [0.5, 0.6) is 0 Å². The summed E-state index contributed by atoms with van der Waals surface area (Å²) in [7, 11) is 0. The van der Waals surface area contributed by atoms with Crippen LogP contribution in [0.15, 0.2) is 47.4 Å². The summed E-state index contributed by atoms with van der Waals surface area (Å²) in [5.74, 6) is 1.15. The molecule has 0 saturated carbocycles. The zero-order chi connectivity index (χ0) is 16.4. The largest absolute Gasteiger partial charge is 0.340 e. The summed E-state index contributed by atoms with van der Waals surface area (Å²) in [6, 6.07) is 7.36. The lowest BCUT2D eigenvalue weighted by molar-refractivity contribution is -0.131. The number of rotatable bonds is 4. The number of hydrogen-bond donors (Lipinski definition) is 0. The molecule has 1 aliphatic heterocycles. The van der Waals surface area contributed by atoms with Crippen molar-refractivity contribution in [2.45, 2.75) is 18.9 Å². The number of hydrogen-bond acceptors (Lipinski definition) is 6. The Morgan fingerprint density at radius 1 is 1.29 bits per heavy atom. The summed E-state index contributed by atoms with van der Waals surface area (Å²) in [6.45, 7) is 1.53. The molecule has 0 N–H and O–H groups in total. The van der Waals surface area contributed by atoms with Gasteiger partial charge in [-0.25, -0.2) is 0 Å². The topological polar surface area (TPSA) is 89.9 Å². The first-order chi connectivity index (χ1) is 11.8. The number of likely N-dealkylation sites (tertiary alicyclic amines) is 1. The Balaban J connectivity index is 1.42. The van der Waals surface area contributed by atoms with E-state index in [1.54, 1.807) is 29.3 Å². The minimum absolute atomic E-state index is 0.0469. The molecule has 4 rings (SSSR count). The van der Waals surface area contributed by atoms with Crippen LogP contribution in [0.25, 0.3) is 11.5 Å². The summed E-state index contributed by atoms with van der Waals surface area (Å²) in [5, 5.41) is 8.06. The van der Waals surface area contributed by atoms with Crippen LogP contribution < -0.4 is 0 Å². The zero-order valence-corrected chi connectivity index (χ0v) is 12.9. The first-order valence-electron chi connectivity index (χ1n) is 7.80. The fraction of sp³-hybridized carbons (Fsp3) is 0.312. The molecule has 4 heterocycles. The molecule has 0 aliphatic carbocycles. The lowest BCUT2D eigenvalue weighted by Gasteiger charge is -2.15. The molecule has 1 saturated heterocycles. The van der Waals surface area contributed by atoms with Crippen molar-refractivity contribution in [1.29, 1.82) is 0 Å². The number of aromatic nitrogens is 5. The molecule has 1 amide bonds. The number of carbonyl (C=O) groups excluding carboxylic acids is 1. The van der Waals surface area contributed by atoms with Crippen molar-refractivity contribution in [3.8, 4) is 11.5 Å². The van der Waals surface area contributed by atoms with E-state index < -0.39 is 0 Å². The van der Waals surface area contributed by atoms with Gasteiger partial charge in [0.05, 0.1) is 5.92 Å². The lowest BCUT2D eigenvalue weighted by Crippen LogP contribution is -2.31. The Kier molecular flexibility index (Phi) is 3.78. The average Bonchev–Trinajstić information content (AvgIpc) is 3.36. The van der Waals surface area contributed by atoms with Crippen molar-refractivity contribution >= 4 is 5.91 Å². The summed E-state index contributed by atoms with van der Waals surface area (Å²) >= 11 is 0. The molecule has 0 aromatic carbocycles. The molecule has 1 atom stereocenters. The lowest BCUT2D eigenvalue weighted by atomic mass is 10.1. The third kappa shape index (κ3) is 2.90. The van der Waals surface area contributed by atoms with Crippen LogP contribution >= 0.6 is 0 Å². The van der Waals surface area contributed by atoms with Crippen molar-refractivity contribution in [1.82, 2.24) is 29.8 Å². The number of nitrogens with zero attached hydrogens (tertiary/aromatic N) is 6. The minimum Gasteiger partial charge on any atom is -0.340 e. The van der Waals surface area contributed by atoms with Crippen LogP contribution in [0.2, 0.25) is 0 Å². The van der Waals surface area contributed by atoms with Gasteiger partial charge < -0.3 is 9.42 Å². The van der Waals surface area contributed by atoms with Crippen molar-refractivity contribution in [2.75, 3.05) is 13.1 Å². The predicted octanol–water partition coefficient (Wildman–Crippen LogP) is 1.34. The maximum absolute atomic E-state index is 12.3. The summed E-state index contributed by atoms with van der Waals surface area (Å²) in [5.41, 5.74) is 0.678. The van der Waals surface area contributed by atoms with E-state index in [4.69, 9.17) is 4.52 Å². The van der Waals surface area contributed by atoms with Gasteiger partial charge in [0, 0.05) is 31.7 Å². The molecule has 3 aromatic heterocycles. The van der Waals surface area contributed by atoms with Gasteiger partial charge in [-0.15, -0.1) is 0 Å². The number of amides is 1. The third-order valence-corrected chi connectivity index (χ3v) is 4.08. The molecule has 3 aromatic rings. The Morgan fingerprint density at radius 3 is 3.04 bits per heavy atom. The van der Waals surface area contributed by atoms with E-state index >= 15 is 0 Å². The summed E-state index contributed by atoms with van der Waals surface area (Å²) in [4.78, 5) is 22.8. The van der Waals surface area contributed by atoms with Crippen molar-refractivity contribution in [3.63, 3.8) is 0 Å². The van der Waals surface area contributed by atoms with Crippen molar-refractivity contribution in [3.05, 3.63) is 48.7 Å². The van der Waals surface area contributed by atoms with E-state index in [1.165, 1.54) is 0 Å². The van der Waals surface area contributed by atoms with E-state index in [1.807, 2.05) is 23.1 Å². The van der Waals surface area contributed by atoms with E-state index in [0.29, 0.717) is 30.5 Å². The fourth-order valence-electron chi connectivity index (χ4n) is 2.82. The molecule has 1 aliphatic rings. The number of carbonyl (C=O) groups is 1. The Bertz CT molecular complexity index is 814. The van der Waals surface area contributed by atoms with E-state index in [0.717, 1.165) is 6.42 Å². The zero-order valence-electron chi connectivity index (χ0n) is 12.9. The van der Waals surface area contributed by atoms with Gasteiger partial charge in [-0.05, 0) is 24.6 Å². The minimum atomic E-state index is 0.0469. The highest BCUT2D eigenvalue weighted by Gasteiger charge is 2.31. The van der Waals surface area contributed by atoms with Gasteiger partial charge in [-0.2, -0.15) is 10.1 Å². The van der Waals surface area contributed by atoms with Gasteiger partial charge in [0.25, 0.3) is 0 Å². The molecule has 0 spiro atoms. The van der Waals surface area contributed by atoms with Crippen molar-refractivity contribution < 1.29 is 9.32 Å². The van der Waals surface area contributed by atoms with Gasteiger partial charge in [0.2, 0.25) is 17.6 Å². The SMILES string of the molecule is O=C(Cn1cccn1)N1CC[C@H](c2nc(-c3ccccn3)no2)C1. The van der Waals surface area contributed by atoms with Gasteiger partial charge in [-0.1, -0.05) is 11.2 Å². The smallest absolute Gasteiger partial charge is 0.244 e. The fourth-order valence-corrected chi connectivity index (χ4v) is 2.82. The second-order valence-electron chi connectivity index (χ2n) is 5.70. The first kappa shape index (κ1) is 14.6. The molecular formula is C16H16N6O2. The number of pyridine rings is 1. The van der Waals surface area contributed by atoms with Crippen LogP contribution in [0, 0.1) is 0 Å². The highest BCUT2D eigenvalue weighted by Crippen LogP contribution is 2.27. The molecule has 24 heavy (non-hydrogen) atoms. The van der Waals surface area contributed by atoms with Crippen molar-refractivity contribution in [2.24, 2.45) is 0 Å².